The van der Waals surface area contributed by atoms with Gasteiger partial charge < -0.3 is 20.3 Å². The summed E-state index contributed by atoms with van der Waals surface area (Å²) in [4.78, 5) is 24.2. The molecule has 3 N–H and O–H groups in total. The number of aliphatic hydroxyl groups is 1. The molecule has 4 rings (SSSR count). The highest BCUT2D eigenvalue weighted by Crippen LogP contribution is 2.44. The first-order chi connectivity index (χ1) is 14.1. The van der Waals surface area contributed by atoms with E-state index in [0.717, 1.165) is 22.3 Å². The second-order valence-electron chi connectivity index (χ2n) is 6.75. The maximum atomic E-state index is 12.4. The van der Waals surface area contributed by atoms with E-state index in [0.29, 0.717) is 4.88 Å². The molecule has 29 heavy (non-hydrogen) atoms. The molecule has 148 valence electrons. The van der Waals surface area contributed by atoms with Crippen molar-refractivity contribution in [3.05, 3.63) is 82.0 Å². The number of amides is 1. The molecule has 0 saturated carbocycles. The summed E-state index contributed by atoms with van der Waals surface area (Å²) >= 11 is 1.25. The Bertz CT molecular complexity index is 988. The van der Waals surface area contributed by atoms with Crippen molar-refractivity contribution in [1.82, 2.24) is 5.32 Å². The van der Waals surface area contributed by atoms with E-state index in [4.69, 9.17) is 9.84 Å². The molecule has 1 aliphatic rings. The lowest BCUT2D eigenvalue weighted by Crippen LogP contribution is -2.40. The standard InChI is InChI=1S/C22H19NO5S/c24-20(21(25)26)19(18-10-5-11-29-18)23-22(27)28-12-17-15-8-3-1-6-13(15)14-7-2-4-9-16(14)17/h1-11,17,19-20,24H,12H2,(H,23,27)(H,25,26)/t19-,20-/m0/s1. The van der Waals surface area contributed by atoms with Gasteiger partial charge in [0.1, 0.15) is 12.6 Å². The minimum atomic E-state index is -1.77. The molecule has 0 saturated heterocycles. The number of hydrogen-bond acceptors (Lipinski definition) is 5. The Morgan fingerprint density at radius 1 is 1.00 bits per heavy atom. The summed E-state index contributed by atoms with van der Waals surface area (Å²) in [7, 11) is 0. The maximum absolute atomic E-state index is 12.4. The lowest BCUT2D eigenvalue weighted by molar-refractivity contribution is -0.148. The number of carboxylic acid groups (broad SMARTS) is 1. The fourth-order valence-corrected chi connectivity index (χ4v) is 4.49. The van der Waals surface area contributed by atoms with Crippen LogP contribution in [0.25, 0.3) is 11.1 Å². The number of carbonyl (C=O) groups is 2. The van der Waals surface area contributed by atoms with Gasteiger partial charge in [0.25, 0.3) is 0 Å². The Hall–Kier alpha value is -3.16. The minimum absolute atomic E-state index is 0.0993. The molecular weight excluding hydrogens is 390 g/mol. The van der Waals surface area contributed by atoms with E-state index in [1.165, 1.54) is 11.3 Å². The van der Waals surface area contributed by atoms with Gasteiger partial charge in [-0.25, -0.2) is 9.59 Å². The van der Waals surface area contributed by atoms with Crippen molar-refractivity contribution in [2.24, 2.45) is 0 Å². The lowest BCUT2D eigenvalue weighted by Gasteiger charge is -2.21. The van der Waals surface area contributed by atoms with Gasteiger partial charge in [-0.3, -0.25) is 0 Å². The Morgan fingerprint density at radius 3 is 2.17 bits per heavy atom. The molecule has 2 aromatic carbocycles. The second-order valence-corrected chi connectivity index (χ2v) is 7.73. The molecule has 0 fully saturated rings. The molecule has 0 unspecified atom stereocenters. The Labute approximate surface area is 171 Å². The zero-order valence-electron chi connectivity index (χ0n) is 15.3. The lowest BCUT2D eigenvalue weighted by atomic mass is 9.98. The molecule has 7 heteroatoms. The van der Waals surface area contributed by atoms with Crippen LogP contribution in [0.5, 0.6) is 0 Å². The van der Waals surface area contributed by atoms with Gasteiger partial charge in [-0.05, 0) is 33.7 Å². The van der Waals surface area contributed by atoms with E-state index in [1.807, 2.05) is 48.5 Å². The number of alkyl carbamates (subject to hydrolysis) is 1. The Kier molecular flexibility index (Phi) is 5.33. The number of carbonyl (C=O) groups excluding carboxylic acids is 1. The van der Waals surface area contributed by atoms with Crippen molar-refractivity contribution in [2.45, 2.75) is 18.1 Å². The van der Waals surface area contributed by atoms with E-state index in [-0.39, 0.29) is 12.5 Å². The number of aliphatic hydroxyl groups excluding tert-OH is 1. The Morgan fingerprint density at radius 2 is 1.62 bits per heavy atom. The average molecular weight is 409 g/mol. The van der Waals surface area contributed by atoms with Gasteiger partial charge in [-0.15, -0.1) is 11.3 Å². The van der Waals surface area contributed by atoms with Crippen molar-refractivity contribution in [1.29, 1.82) is 0 Å². The number of nitrogens with one attached hydrogen (secondary N) is 1. The summed E-state index contributed by atoms with van der Waals surface area (Å²) in [5, 5.41) is 23.4. The second kappa shape index (κ2) is 8.06. The molecule has 0 aliphatic heterocycles. The molecule has 1 aromatic heterocycles. The van der Waals surface area contributed by atoms with Gasteiger partial charge in [0.2, 0.25) is 0 Å². The third kappa shape index (κ3) is 3.74. The Balaban J connectivity index is 1.49. The van der Waals surface area contributed by atoms with Crippen LogP contribution < -0.4 is 5.32 Å². The summed E-state index contributed by atoms with van der Waals surface area (Å²) in [6.45, 7) is 0.111. The zero-order chi connectivity index (χ0) is 20.4. The van der Waals surface area contributed by atoms with Gasteiger partial charge in [-0.1, -0.05) is 54.6 Å². The van der Waals surface area contributed by atoms with Crippen molar-refractivity contribution in [3.8, 4) is 11.1 Å². The van der Waals surface area contributed by atoms with Crippen LogP contribution in [0.15, 0.2) is 66.0 Å². The van der Waals surface area contributed by atoms with E-state index >= 15 is 0 Å². The van der Waals surface area contributed by atoms with Crippen molar-refractivity contribution < 1.29 is 24.5 Å². The summed E-state index contributed by atoms with van der Waals surface area (Å²) in [5.74, 6) is -1.51. The van der Waals surface area contributed by atoms with Crippen LogP contribution in [0.4, 0.5) is 4.79 Å². The van der Waals surface area contributed by atoms with E-state index in [9.17, 15) is 14.7 Å². The molecule has 0 bridgehead atoms. The third-order valence-corrected chi connectivity index (χ3v) is 5.99. The van der Waals surface area contributed by atoms with E-state index in [1.54, 1.807) is 17.5 Å². The SMILES string of the molecule is O=C(N[C@@H](c1cccs1)[C@H](O)C(=O)O)OCC1c2ccccc2-c2ccccc21. The highest BCUT2D eigenvalue weighted by atomic mass is 32.1. The van der Waals surface area contributed by atoms with Gasteiger partial charge in [0.05, 0.1) is 0 Å². The molecule has 0 spiro atoms. The van der Waals surface area contributed by atoms with E-state index in [2.05, 4.69) is 5.32 Å². The molecular formula is C22H19NO5S. The largest absolute Gasteiger partial charge is 0.479 e. The number of aliphatic carboxylic acids is 1. The van der Waals surface area contributed by atoms with Crippen molar-refractivity contribution in [3.63, 3.8) is 0 Å². The molecule has 0 radical (unpaired) electrons. The predicted molar refractivity (Wildman–Crippen MR) is 109 cm³/mol. The van der Waals surface area contributed by atoms with Gasteiger partial charge in [0.15, 0.2) is 6.10 Å². The molecule has 2 atom stereocenters. The zero-order valence-corrected chi connectivity index (χ0v) is 16.1. The van der Waals surface area contributed by atoms with Crippen LogP contribution in [0.3, 0.4) is 0 Å². The summed E-state index contributed by atoms with van der Waals surface area (Å²) < 4.78 is 5.45. The van der Waals surface area contributed by atoms with Crippen LogP contribution in [-0.4, -0.2) is 35.0 Å². The van der Waals surface area contributed by atoms with Crippen molar-refractivity contribution in [2.75, 3.05) is 6.61 Å². The van der Waals surface area contributed by atoms with Crippen LogP contribution in [0, 0.1) is 0 Å². The highest BCUT2D eigenvalue weighted by Gasteiger charge is 2.32. The monoisotopic (exact) mass is 409 g/mol. The minimum Gasteiger partial charge on any atom is -0.479 e. The number of benzene rings is 2. The van der Waals surface area contributed by atoms with Crippen LogP contribution in [0.2, 0.25) is 0 Å². The topological polar surface area (TPSA) is 95.9 Å². The number of ether oxygens (including phenoxy) is 1. The van der Waals surface area contributed by atoms with Gasteiger partial charge in [-0.2, -0.15) is 0 Å². The summed E-state index contributed by atoms with van der Waals surface area (Å²) in [6.07, 6.45) is -2.54. The quantitative estimate of drug-likeness (QED) is 0.576. The average Bonchev–Trinajstić information content (AvgIpc) is 3.37. The molecule has 1 aliphatic carbocycles. The molecule has 6 nitrogen and oxygen atoms in total. The first-order valence-corrected chi connectivity index (χ1v) is 10.00. The number of rotatable bonds is 6. The smallest absolute Gasteiger partial charge is 0.407 e. The fourth-order valence-electron chi connectivity index (χ4n) is 3.68. The molecule has 1 amide bonds. The number of thiophene rings is 1. The highest BCUT2D eigenvalue weighted by molar-refractivity contribution is 7.10. The van der Waals surface area contributed by atoms with Gasteiger partial charge >= 0.3 is 12.1 Å². The fraction of sp³-hybridized carbons (Fsp3) is 0.182. The first kappa shape index (κ1) is 19.2. The van der Waals surface area contributed by atoms with Crippen LogP contribution >= 0.6 is 11.3 Å². The number of carboxylic acids is 1. The number of hydrogen-bond donors (Lipinski definition) is 3. The first-order valence-electron chi connectivity index (χ1n) is 9.12. The maximum Gasteiger partial charge on any atom is 0.407 e. The van der Waals surface area contributed by atoms with Crippen LogP contribution in [0.1, 0.15) is 28.0 Å². The predicted octanol–water partition coefficient (Wildman–Crippen LogP) is 3.77. The van der Waals surface area contributed by atoms with Crippen LogP contribution in [-0.2, 0) is 9.53 Å². The normalized spacial score (nSPS) is 14.5. The third-order valence-electron chi connectivity index (χ3n) is 5.04. The number of fused-ring (bicyclic) bond motifs is 3. The summed E-state index contributed by atoms with van der Waals surface area (Å²) in [6, 6.07) is 18.3. The van der Waals surface area contributed by atoms with Crippen molar-refractivity contribution >= 4 is 23.4 Å². The molecule has 3 aromatic rings. The van der Waals surface area contributed by atoms with Gasteiger partial charge in [0, 0.05) is 10.8 Å². The summed E-state index contributed by atoms with van der Waals surface area (Å²) in [5.41, 5.74) is 4.41. The molecule has 1 heterocycles. The van der Waals surface area contributed by atoms with E-state index < -0.39 is 24.2 Å².